The Hall–Kier alpha value is -1.64. The maximum atomic E-state index is 12.4. The first-order valence-corrected chi connectivity index (χ1v) is 8.46. The van der Waals surface area contributed by atoms with Gasteiger partial charge in [-0.3, -0.25) is 4.79 Å². The van der Waals surface area contributed by atoms with Crippen LogP contribution in [0, 0.1) is 0 Å². The summed E-state index contributed by atoms with van der Waals surface area (Å²) >= 11 is 0. The van der Waals surface area contributed by atoms with Crippen molar-refractivity contribution >= 4 is 21.6 Å². The number of aromatic nitrogens is 1. The zero-order valence-corrected chi connectivity index (χ0v) is 14.0. The van der Waals surface area contributed by atoms with Gasteiger partial charge in [0.2, 0.25) is 5.91 Å². The predicted molar refractivity (Wildman–Crippen MR) is 80.6 cm³/mol. The summed E-state index contributed by atoms with van der Waals surface area (Å²) in [4.78, 5) is 15.7. The van der Waals surface area contributed by atoms with Crippen LogP contribution in [0.5, 0.6) is 0 Å². The van der Waals surface area contributed by atoms with Gasteiger partial charge in [0.1, 0.15) is 10.6 Å². The molecule has 0 saturated heterocycles. The molecule has 0 aliphatic heterocycles. The van der Waals surface area contributed by atoms with Crippen LogP contribution in [-0.2, 0) is 20.8 Å². The number of amides is 1. The van der Waals surface area contributed by atoms with E-state index in [9.17, 15) is 26.4 Å². The van der Waals surface area contributed by atoms with Crippen LogP contribution in [0.25, 0.3) is 0 Å². The number of carbonyl (C=O) groups is 1. The summed E-state index contributed by atoms with van der Waals surface area (Å²) in [6.07, 6.45) is -3.61. The molecule has 23 heavy (non-hydrogen) atoms. The molecule has 1 atom stereocenters. The van der Waals surface area contributed by atoms with Crippen molar-refractivity contribution in [1.29, 1.82) is 0 Å². The summed E-state index contributed by atoms with van der Waals surface area (Å²) in [7, 11) is -3.76. The Morgan fingerprint density at radius 3 is 2.26 bits per heavy atom. The number of carbonyl (C=O) groups excluding carboxylic acids is 1. The van der Waals surface area contributed by atoms with E-state index in [1.165, 1.54) is 20.8 Å². The fraction of sp³-hybridized carbons (Fsp3) is 0.571. The van der Waals surface area contributed by atoms with Crippen molar-refractivity contribution in [3.8, 4) is 0 Å². The van der Waals surface area contributed by atoms with Crippen molar-refractivity contribution in [1.82, 2.24) is 4.98 Å². The van der Waals surface area contributed by atoms with Crippen molar-refractivity contribution < 1.29 is 26.4 Å². The number of nitrogens with zero attached hydrogens (tertiary/aromatic N) is 1. The van der Waals surface area contributed by atoms with Crippen LogP contribution in [0.4, 0.5) is 19.0 Å². The molecular formula is C14H19F3N2O3S. The maximum absolute atomic E-state index is 12.4. The number of hydrogen-bond donors (Lipinski definition) is 1. The number of hydrogen-bond acceptors (Lipinski definition) is 4. The highest BCUT2D eigenvalue weighted by Crippen LogP contribution is 2.29. The SMILES string of the molecule is CCC(C)S(=O)(=O)C(C)(C)C(=O)Nc1ccc(C(F)(F)F)cn1. The number of alkyl halides is 3. The van der Waals surface area contributed by atoms with Gasteiger partial charge in [0, 0.05) is 6.20 Å². The first-order chi connectivity index (χ1) is 10.3. The van der Waals surface area contributed by atoms with E-state index in [1.54, 1.807) is 6.92 Å². The van der Waals surface area contributed by atoms with Gasteiger partial charge in [0.15, 0.2) is 9.84 Å². The van der Waals surface area contributed by atoms with Crippen LogP contribution in [0.2, 0.25) is 0 Å². The van der Waals surface area contributed by atoms with Crippen molar-refractivity contribution in [3.05, 3.63) is 23.9 Å². The normalized spacial score (nSPS) is 14.4. The van der Waals surface area contributed by atoms with E-state index in [4.69, 9.17) is 0 Å². The largest absolute Gasteiger partial charge is 0.417 e. The maximum Gasteiger partial charge on any atom is 0.417 e. The van der Waals surface area contributed by atoms with Crippen molar-refractivity contribution in [2.45, 2.75) is 50.3 Å². The molecule has 130 valence electrons. The van der Waals surface area contributed by atoms with E-state index in [0.717, 1.165) is 12.1 Å². The number of rotatable bonds is 5. The molecule has 0 aromatic carbocycles. The zero-order chi connectivity index (χ0) is 18.1. The molecule has 1 rings (SSSR count). The Labute approximate surface area is 133 Å². The lowest BCUT2D eigenvalue weighted by atomic mass is 10.2. The highest BCUT2D eigenvalue weighted by Gasteiger charge is 2.44. The Morgan fingerprint density at radius 2 is 1.87 bits per heavy atom. The number of halogens is 3. The number of nitrogens with one attached hydrogen (secondary N) is 1. The number of sulfone groups is 1. The molecule has 1 aromatic rings. The Morgan fingerprint density at radius 1 is 1.30 bits per heavy atom. The van der Waals surface area contributed by atoms with Gasteiger partial charge in [0.25, 0.3) is 0 Å². The molecule has 1 amide bonds. The van der Waals surface area contributed by atoms with E-state index in [2.05, 4.69) is 10.3 Å². The van der Waals surface area contributed by atoms with Gasteiger partial charge in [-0.05, 0) is 39.3 Å². The molecule has 0 fully saturated rings. The highest BCUT2D eigenvalue weighted by atomic mass is 32.2. The quantitative estimate of drug-likeness (QED) is 0.884. The van der Waals surface area contributed by atoms with Crippen molar-refractivity contribution in [3.63, 3.8) is 0 Å². The number of pyridine rings is 1. The molecule has 1 heterocycles. The fourth-order valence-corrected chi connectivity index (χ4v) is 3.51. The van der Waals surface area contributed by atoms with E-state index in [1.807, 2.05) is 0 Å². The molecule has 0 saturated carbocycles. The van der Waals surface area contributed by atoms with E-state index in [-0.39, 0.29) is 5.82 Å². The van der Waals surface area contributed by atoms with Gasteiger partial charge in [0.05, 0.1) is 10.8 Å². The van der Waals surface area contributed by atoms with Gasteiger partial charge >= 0.3 is 6.18 Å². The van der Waals surface area contributed by atoms with Crippen LogP contribution < -0.4 is 5.32 Å². The zero-order valence-electron chi connectivity index (χ0n) is 13.2. The molecule has 0 radical (unpaired) electrons. The third-order valence-electron chi connectivity index (χ3n) is 3.70. The number of anilines is 1. The lowest BCUT2D eigenvalue weighted by molar-refractivity contribution is -0.137. The predicted octanol–water partition coefficient (Wildman–Crippen LogP) is 3.03. The van der Waals surface area contributed by atoms with Crippen LogP contribution >= 0.6 is 0 Å². The third-order valence-corrected chi connectivity index (χ3v) is 6.70. The first-order valence-electron chi connectivity index (χ1n) is 6.92. The summed E-state index contributed by atoms with van der Waals surface area (Å²) in [5.41, 5.74) is -0.956. The second kappa shape index (κ2) is 6.46. The first kappa shape index (κ1) is 19.4. The topological polar surface area (TPSA) is 76.1 Å². The summed E-state index contributed by atoms with van der Waals surface area (Å²) in [5, 5.41) is 1.53. The smallest absolute Gasteiger partial charge is 0.309 e. The van der Waals surface area contributed by atoms with Gasteiger partial charge in [-0.2, -0.15) is 13.2 Å². The third kappa shape index (κ3) is 4.01. The minimum Gasteiger partial charge on any atom is -0.309 e. The lowest BCUT2D eigenvalue weighted by Gasteiger charge is -2.26. The molecule has 0 bridgehead atoms. The van der Waals surface area contributed by atoms with Crippen LogP contribution in [0.1, 0.15) is 39.7 Å². The highest BCUT2D eigenvalue weighted by molar-refractivity contribution is 7.94. The van der Waals surface area contributed by atoms with Gasteiger partial charge in [-0.15, -0.1) is 0 Å². The minimum absolute atomic E-state index is 0.143. The molecule has 1 unspecified atom stereocenters. The second-order valence-electron chi connectivity index (χ2n) is 5.66. The molecule has 1 N–H and O–H groups in total. The van der Waals surface area contributed by atoms with E-state index in [0.29, 0.717) is 12.6 Å². The average molecular weight is 352 g/mol. The fourth-order valence-electron chi connectivity index (χ4n) is 1.75. The molecule has 0 aliphatic rings. The van der Waals surface area contributed by atoms with Crippen molar-refractivity contribution in [2.75, 3.05) is 5.32 Å². The average Bonchev–Trinajstić information content (AvgIpc) is 2.45. The Kier molecular flexibility index (Phi) is 5.45. The van der Waals surface area contributed by atoms with Crippen LogP contribution in [0.15, 0.2) is 18.3 Å². The lowest BCUT2D eigenvalue weighted by Crippen LogP contribution is -2.48. The molecule has 1 aromatic heterocycles. The summed E-state index contributed by atoms with van der Waals surface area (Å²) in [6.45, 7) is 5.70. The Bertz CT molecular complexity index is 668. The van der Waals surface area contributed by atoms with Gasteiger partial charge in [-0.25, -0.2) is 13.4 Å². The molecule has 0 aliphatic carbocycles. The van der Waals surface area contributed by atoms with Crippen LogP contribution in [-0.4, -0.2) is 29.3 Å². The molecular weight excluding hydrogens is 333 g/mol. The van der Waals surface area contributed by atoms with Crippen LogP contribution in [0.3, 0.4) is 0 Å². The summed E-state index contributed by atoms with van der Waals surface area (Å²) in [5.74, 6) is -0.986. The summed E-state index contributed by atoms with van der Waals surface area (Å²) in [6, 6.07) is 1.74. The van der Waals surface area contributed by atoms with Gasteiger partial charge < -0.3 is 5.32 Å². The minimum atomic E-state index is -4.53. The molecule has 9 heteroatoms. The van der Waals surface area contributed by atoms with E-state index < -0.39 is 37.5 Å². The van der Waals surface area contributed by atoms with Crippen molar-refractivity contribution in [2.24, 2.45) is 0 Å². The molecule has 5 nitrogen and oxygen atoms in total. The van der Waals surface area contributed by atoms with E-state index >= 15 is 0 Å². The standard InChI is InChI=1S/C14H19F3N2O3S/c1-5-9(2)23(21,22)13(3,4)12(20)19-11-7-6-10(8-18-11)14(15,16)17/h6-9H,5H2,1-4H3,(H,18,19,20). The summed E-state index contributed by atoms with van der Waals surface area (Å²) < 4.78 is 60.4. The monoisotopic (exact) mass is 352 g/mol. The van der Waals surface area contributed by atoms with Gasteiger partial charge in [-0.1, -0.05) is 6.92 Å². The Balaban J connectivity index is 2.99. The second-order valence-corrected chi connectivity index (χ2v) is 8.57. The molecule has 0 spiro atoms.